The normalized spacial score (nSPS) is 11.0. The van der Waals surface area contributed by atoms with Crippen molar-refractivity contribution in [2.75, 3.05) is 0 Å². The molecule has 0 saturated heterocycles. The van der Waals surface area contributed by atoms with Crippen LogP contribution in [-0.4, -0.2) is 11.1 Å². The summed E-state index contributed by atoms with van der Waals surface area (Å²) < 4.78 is 4.12. The average Bonchev–Trinajstić information content (AvgIpc) is 1.67. The van der Waals surface area contributed by atoms with Gasteiger partial charge in [0.05, 0.1) is 5.57 Å². The summed E-state index contributed by atoms with van der Waals surface area (Å²) in [5.41, 5.74) is 0.125. The second-order valence-electron chi connectivity index (χ2n) is 1.21. The molecule has 0 rings (SSSR count). The van der Waals surface area contributed by atoms with E-state index in [1.807, 2.05) is 0 Å². The first-order valence-electron chi connectivity index (χ1n) is 1.88. The Morgan fingerprint density at radius 1 is 1.88 bits per heavy atom. The molecule has 0 saturated carbocycles. The van der Waals surface area contributed by atoms with Crippen molar-refractivity contribution in [3.05, 3.63) is 11.8 Å². The van der Waals surface area contributed by atoms with Gasteiger partial charge >= 0.3 is 5.97 Å². The SMILES string of the molecule is CC(=COS)C(=O)O. The maximum atomic E-state index is 9.91. The standard InChI is InChI=1S/C4H6O3S/c1-3(2-7-8)4(5)6/h2,8H,1H3,(H,5,6). The van der Waals surface area contributed by atoms with E-state index in [9.17, 15) is 4.79 Å². The minimum absolute atomic E-state index is 0.125. The van der Waals surface area contributed by atoms with E-state index in [0.717, 1.165) is 6.26 Å². The zero-order valence-corrected chi connectivity index (χ0v) is 5.18. The Balaban J connectivity index is 3.80. The van der Waals surface area contributed by atoms with Crippen molar-refractivity contribution in [1.29, 1.82) is 0 Å². The summed E-state index contributed by atoms with van der Waals surface area (Å²) in [7, 11) is 0. The molecule has 0 radical (unpaired) electrons. The van der Waals surface area contributed by atoms with Gasteiger partial charge in [-0.15, -0.1) is 0 Å². The van der Waals surface area contributed by atoms with Crippen molar-refractivity contribution < 1.29 is 14.1 Å². The van der Waals surface area contributed by atoms with E-state index in [4.69, 9.17) is 5.11 Å². The first-order chi connectivity index (χ1) is 3.68. The quantitative estimate of drug-likeness (QED) is 0.254. The molecule has 0 aliphatic heterocycles. The number of carbonyl (C=O) groups is 1. The summed E-state index contributed by atoms with van der Waals surface area (Å²) in [5, 5.41) is 8.13. The van der Waals surface area contributed by atoms with Crippen LogP contribution in [0.5, 0.6) is 0 Å². The maximum absolute atomic E-state index is 9.91. The van der Waals surface area contributed by atoms with E-state index < -0.39 is 5.97 Å². The van der Waals surface area contributed by atoms with Gasteiger partial charge in [-0.2, -0.15) is 0 Å². The lowest BCUT2D eigenvalue weighted by Gasteiger charge is -1.87. The van der Waals surface area contributed by atoms with Crippen molar-refractivity contribution in [2.45, 2.75) is 6.92 Å². The van der Waals surface area contributed by atoms with Gasteiger partial charge in [-0.25, -0.2) is 4.79 Å². The van der Waals surface area contributed by atoms with E-state index >= 15 is 0 Å². The largest absolute Gasteiger partial charge is 0.478 e. The summed E-state index contributed by atoms with van der Waals surface area (Å²) in [6, 6.07) is 0. The lowest BCUT2D eigenvalue weighted by atomic mass is 10.4. The number of carboxylic acids is 1. The molecular formula is C4H6O3S. The van der Waals surface area contributed by atoms with Gasteiger partial charge in [0.25, 0.3) is 0 Å². The lowest BCUT2D eigenvalue weighted by Crippen LogP contribution is -1.95. The molecule has 0 aromatic carbocycles. The maximum Gasteiger partial charge on any atom is 0.334 e. The molecule has 0 bridgehead atoms. The summed E-state index contributed by atoms with van der Waals surface area (Å²) >= 11 is 3.31. The van der Waals surface area contributed by atoms with Gasteiger partial charge < -0.3 is 9.29 Å². The molecule has 0 aromatic heterocycles. The van der Waals surface area contributed by atoms with Gasteiger partial charge in [0.1, 0.15) is 6.26 Å². The van der Waals surface area contributed by atoms with E-state index in [2.05, 4.69) is 17.1 Å². The van der Waals surface area contributed by atoms with Gasteiger partial charge in [0.15, 0.2) is 0 Å². The highest BCUT2D eigenvalue weighted by Gasteiger charge is 1.96. The van der Waals surface area contributed by atoms with Crippen LogP contribution in [0.1, 0.15) is 6.92 Å². The zero-order valence-electron chi connectivity index (χ0n) is 4.29. The highest BCUT2D eigenvalue weighted by molar-refractivity contribution is 7.75. The summed E-state index contributed by atoms with van der Waals surface area (Å²) in [4.78, 5) is 9.91. The second-order valence-corrected chi connectivity index (χ2v) is 1.42. The number of carboxylic acid groups (broad SMARTS) is 1. The second kappa shape index (κ2) is 3.37. The van der Waals surface area contributed by atoms with Crippen molar-refractivity contribution in [3.63, 3.8) is 0 Å². The van der Waals surface area contributed by atoms with Crippen LogP contribution in [0.25, 0.3) is 0 Å². The summed E-state index contributed by atoms with van der Waals surface area (Å²) in [6.07, 6.45) is 1.05. The molecular weight excluding hydrogens is 128 g/mol. The third kappa shape index (κ3) is 2.52. The minimum Gasteiger partial charge on any atom is -0.478 e. The molecule has 0 spiro atoms. The fraction of sp³-hybridized carbons (Fsp3) is 0.250. The number of aliphatic carboxylic acids is 1. The lowest BCUT2D eigenvalue weighted by molar-refractivity contribution is -0.132. The van der Waals surface area contributed by atoms with Crippen molar-refractivity contribution in [1.82, 2.24) is 0 Å². The highest BCUT2D eigenvalue weighted by Crippen LogP contribution is 1.92. The molecule has 46 valence electrons. The molecule has 0 heterocycles. The van der Waals surface area contributed by atoms with Crippen molar-refractivity contribution in [2.24, 2.45) is 0 Å². The van der Waals surface area contributed by atoms with Gasteiger partial charge in [0.2, 0.25) is 0 Å². The molecule has 0 fully saturated rings. The molecule has 0 aromatic rings. The van der Waals surface area contributed by atoms with Crippen LogP contribution >= 0.6 is 12.9 Å². The van der Waals surface area contributed by atoms with Crippen LogP contribution in [0.2, 0.25) is 0 Å². The Labute approximate surface area is 52.6 Å². The van der Waals surface area contributed by atoms with Crippen molar-refractivity contribution >= 4 is 18.9 Å². The topological polar surface area (TPSA) is 46.5 Å². The van der Waals surface area contributed by atoms with Crippen LogP contribution < -0.4 is 0 Å². The van der Waals surface area contributed by atoms with Gasteiger partial charge in [-0.05, 0) is 6.92 Å². The molecule has 8 heavy (non-hydrogen) atoms. The molecule has 3 nitrogen and oxygen atoms in total. The Morgan fingerprint density at radius 3 is 2.50 bits per heavy atom. The molecule has 4 heteroatoms. The Morgan fingerprint density at radius 2 is 2.38 bits per heavy atom. The third-order valence-corrected chi connectivity index (χ3v) is 0.672. The van der Waals surface area contributed by atoms with Crippen LogP contribution in [0, 0.1) is 0 Å². The molecule has 1 N–H and O–H groups in total. The Kier molecular flexibility index (Phi) is 3.10. The fourth-order valence-corrected chi connectivity index (χ4v) is 0.288. The summed E-state index contributed by atoms with van der Waals surface area (Å²) in [6.45, 7) is 1.42. The smallest absolute Gasteiger partial charge is 0.334 e. The molecule has 0 atom stereocenters. The molecule has 0 aliphatic rings. The number of hydrogen-bond donors (Lipinski definition) is 2. The van der Waals surface area contributed by atoms with Crippen molar-refractivity contribution in [3.8, 4) is 0 Å². The van der Waals surface area contributed by atoms with Gasteiger partial charge in [0, 0.05) is 12.9 Å². The van der Waals surface area contributed by atoms with E-state index in [1.165, 1.54) is 6.92 Å². The third-order valence-electron chi connectivity index (χ3n) is 0.567. The van der Waals surface area contributed by atoms with E-state index in [1.54, 1.807) is 0 Å². The highest BCUT2D eigenvalue weighted by atomic mass is 32.1. The number of thiol groups is 1. The van der Waals surface area contributed by atoms with E-state index in [-0.39, 0.29) is 5.57 Å². The Bertz CT molecular complexity index is 118. The number of rotatable bonds is 2. The van der Waals surface area contributed by atoms with E-state index in [0.29, 0.717) is 0 Å². The predicted molar refractivity (Wildman–Crippen MR) is 31.5 cm³/mol. The molecule has 0 aliphatic carbocycles. The summed E-state index contributed by atoms with van der Waals surface area (Å²) in [5.74, 6) is -1.00. The van der Waals surface area contributed by atoms with Gasteiger partial charge in [-0.1, -0.05) is 0 Å². The first-order valence-corrected chi connectivity index (χ1v) is 2.25. The molecule has 0 amide bonds. The minimum atomic E-state index is -1.00. The monoisotopic (exact) mass is 134 g/mol. The van der Waals surface area contributed by atoms with Gasteiger partial charge in [-0.3, -0.25) is 0 Å². The Hall–Kier alpha value is -0.640. The average molecular weight is 134 g/mol. The predicted octanol–water partition coefficient (Wildman–Crippen LogP) is 0.836. The van der Waals surface area contributed by atoms with Crippen LogP contribution in [-0.2, 0) is 8.98 Å². The van der Waals surface area contributed by atoms with Crippen LogP contribution in [0.4, 0.5) is 0 Å². The fourth-order valence-electron chi connectivity index (χ4n) is 0.129. The van der Waals surface area contributed by atoms with Crippen LogP contribution in [0.15, 0.2) is 11.8 Å². The number of hydrogen-bond acceptors (Lipinski definition) is 3. The first kappa shape index (κ1) is 7.36. The molecule has 0 unspecified atom stereocenters. The van der Waals surface area contributed by atoms with Crippen LogP contribution in [0.3, 0.4) is 0 Å². The zero-order chi connectivity index (χ0) is 6.57.